The fourth-order valence-electron chi connectivity index (χ4n) is 5.08. The van der Waals surface area contributed by atoms with Gasteiger partial charge in [-0.15, -0.1) is 0 Å². The van der Waals surface area contributed by atoms with Crippen LogP contribution in [0, 0.1) is 5.92 Å². The molecular weight excluding hydrogens is 430 g/mol. The molecule has 0 aromatic heterocycles. The van der Waals surface area contributed by atoms with Crippen molar-refractivity contribution >= 4 is 15.9 Å². The lowest BCUT2D eigenvalue weighted by molar-refractivity contribution is -0.126. The van der Waals surface area contributed by atoms with Gasteiger partial charge in [0.1, 0.15) is 13.2 Å². The third-order valence-electron chi connectivity index (χ3n) is 7.30. The summed E-state index contributed by atoms with van der Waals surface area (Å²) in [5, 5.41) is 3.18. The molecule has 0 bridgehead atoms. The number of rotatable bonds is 6. The number of nitrogens with one attached hydrogen (secondary N) is 1. The minimum atomic E-state index is -3.64. The van der Waals surface area contributed by atoms with Crippen LogP contribution in [-0.4, -0.2) is 76.0 Å². The lowest BCUT2D eigenvalue weighted by atomic mass is 9.80. The summed E-state index contributed by atoms with van der Waals surface area (Å²) in [4.78, 5) is 15.3. The molecular formula is C23H35N3O5S. The van der Waals surface area contributed by atoms with Crippen LogP contribution in [0.2, 0.25) is 0 Å². The molecule has 2 fully saturated rings. The molecule has 1 N–H and O–H groups in total. The number of likely N-dealkylation sites (N-methyl/N-ethyl adjacent to an activating group) is 1. The van der Waals surface area contributed by atoms with E-state index < -0.39 is 10.0 Å². The topological polar surface area (TPSA) is 88.2 Å². The zero-order valence-electron chi connectivity index (χ0n) is 19.1. The average molecular weight is 466 g/mol. The fraction of sp³-hybridized carbons (Fsp3) is 0.696. The summed E-state index contributed by atoms with van der Waals surface area (Å²) in [6.07, 6.45) is 6.93. The number of sulfonamides is 1. The fourth-order valence-corrected chi connectivity index (χ4v) is 6.57. The Morgan fingerprint density at radius 2 is 1.75 bits per heavy atom. The highest BCUT2D eigenvalue weighted by Crippen LogP contribution is 2.34. The molecule has 2 heterocycles. The van der Waals surface area contributed by atoms with Gasteiger partial charge in [-0.05, 0) is 51.9 Å². The number of hydrogen-bond acceptors (Lipinski definition) is 6. The molecule has 178 valence electrons. The second-order valence-corrected chi connectivity index (χ2v) is 11.3. The molecule has 1 amide bonds. The van der Waals surface area contributed by atoms with Gasteiger partial charge in [0.05, 0.1) is 4.90 Å². The molecule has 1 saturated carbocycles. The molecule has 0 radical (unpaired) electrons. The van der Waals surface area contributed by atoms with E-state index in [0.29, 0.717) is 57.2 Å². The molecule has 1 aromatic carbocycles. The second kappa shape index (κ2) is 9.57. The zero-order chi connectivity index (χ0) is 22.8. The number of amides is 1. The number of benzene rings is 1. The highest BCUT2D eigenvalue weighted by molar-refractivity contribution is 7.89. The van der Waals surface area contributed by atoms with Crippen LogP contribution in [0.15, 0.2) is 23.1 Å². The Morgan fingerprint density at radius 1 is 1.09 bits per heavy atom. The first-order valence-corrected chi connectivity index (χ1v) is 13.1. The van der Waals surface area contributed by atoms with Crippen LogP contribution in [0.3, 0.4) is 0 Å². The highest BCUT2D eigenvalue weighted by Gasteiger charge is 2.37. The quantitative estimate of drug-likeness (QED) is 0.693. The summed E-state index contributed by atoms with van der Waals surface area (Å²) in [6, 6.07) is 4.74. The molecule has 1 saturated heterocycles. The highest BCUT2D eigenvalue weighted by atomic mass is 32.2. The predicted octanol–water partition coefficient (Wildman–Crippen LogP) is 2.24. The second-order valence-electron chi connectivity index (χ2n) is 9.38. The Hall–Kier alpha value is -1.84. The molecule has 1 aliphatic carbocycles. The van der Waals surface area contributed by atoms with E-state index in [1.165, 1.54) is 29.6 Å². The standard InChI is InChI=1S/C23H35N3O5S/c1-25(2)23(10-4-3-5-11-23)17-24-22(27)18-8-12-26(13-9-18)32(28,29)19-6-7-20-21(16-19)31-15-14-30-20/h6-7,16,18H,3-5,8-15,17H2,1-2H3,(H,24,27). The molecule has 0 atom stereocenters. The van der Waals surface area contributed by atoms with E-state index in [1.807, 2.05) is 0 Å². The number of nitrogens with zero attached hydrogens (tertiary/aromatic N) is 2. The van der Waals surface area contributed by atoms with E-state index in [4.69, 9.17) is 9.47 Å². The van der Waals surface area contributed by atoms with Crippen molar-refractivity contribution in [2.24, 2.45) is 5.92 Å². The largest absolute Gasteiger partial charge is 0.486 e. The first-order valence-electron chi connectivity index (χ1n) is 11.7. The van der Waals surface area contributed by atoms with Crippen LogP contribution < -0.4 is 14.8 Å². The third kappa shape index (κ3) is 4.75. The number of fused-ring (bicyclic) bond motifs is 1. The molecule has 4 rings (SSSR count). The number of ether oxygens (including phenoxy) is 2. The van der Waals surface area contributed by atoms with Crippen LogP contribution in [0.4, 0.5) is 0 Å². The minimum Gasteiger partial charge on any atom is -0.486 e. The monoisotopic (exact) mass is 465 g/mol. The molecule has 3 aliphatic rings. The lowest BCUT2D eigenvalue weighted by Gasteiger charge is -2.43. The SMILES string of the molecule is CN(C)C1(CNC(=O)C2CCN(S(=O)(=O)c3ccc4c(c3)OCCO4)CC2)CCCCC1. The maximum Gasteiger partial charge on any atom is 0.243 e. The van der Waals surface area contributed by atoms with Crippen LogP contribution in [0.1, 0.15) is 44.9 Å². The van der Waals surface area contributed by atoms with Crippen molar-refractivity contribution in [3.8, 4) is 11.5 Å². The van der Waals surface area contributed by atoms with Gasteiger partial charge in [0.15, 0.2) is 11.5 Å². The van der Waals surface area contributed by atoms with Crippen molar-refractivity contribution < 1.29 is 22.7 Å². The van der Waals surface area contributed by atoms with Gasteiger partial charge in [-0.3, -0.25) is 4.79 Å². The maximum absolute atomic E-state index is 13.1. The summed E-state index contributed by atoms with van der Waals surface area (Å²) in [6.45, 7) is 2.21. The van der Waals surface area contributed by atoms with Crippen molar-refractivity contribution in [3.05, 3.63) is 18.2 Å². The van der Waals surface area contributed by atoms with Gasteiger partial charge in [-0.1, -0.05) is 19.3 Å². The van der Waals surface area contributed by atoms with Gasteiger partial charge < -0.3 is 19.7 Å². The Balaban J connectivity index is 1.33. The molecule has 0 unspecified atom stereocenters. The van der Waals surface area contributed by atoms with Crippen molar-refractivity contribution in [1.82, 2.24) is 14.5 Å². The molecule has 0 spiro atoms. The molecule has 9 heteroatoms. The van der Waals surface area contributed by atoms with Crippen LogP contribution >= 0.6 is 0 Å². The Morgan fingerprint density at radius 3 is 2.41 bits per heavy atom. The van der Waals surface area contributed by atoms with Gasteiger partial charge >= 0.3 is 0 Å². The smallest absolute Gasteiger partial charge is 0.243 e. The summed E-state index contributed by atoms with van der Waals surface area (Å²) < 4.78 is 38.7. The van der Waals surface area contributed by atoms with Gasteiger partial charge in [0.2, 0.25) is 15.9 Å². The summed E-state index contributed by atoms with van der Waals surface area (Å²) in [5.74, 6) is 0.931. The summed E-state index contributed by atoms with van der Waals surface area (Å²) in [7, 11) is 0.556. The number of carbonyl (C=O) groups is 1. The van der Waals surface area contributed by atoms with Gasteiger partial charge in [0.25, 0.3) is 0 Å². The molecule has 1 aromatic rings. The van der Waals surface area contributed by atoms with E-state index in [-0.39, 0.29) is 22.3 Å². The van der Waals surface area contributed by atoms with Crippen LogP contribution in [0.5, 0.6) is 11.5 Å². The van der Waals surface area contributed by atoms with Crippen molar-refractivity contribution in [2.75, 3.05) is 46.9 Å². The Kier molecular flexibility index (Phi) is 6.97. The van der Waals surface area contributed by atoms with Crippen LogP contribution in [-0.2, 0) is 14.8 Å². The number of hydrogen-bond donors (Lipinski definition) is 1. The van der Waals surface area contributed by atoms with Crippen molar-refractivity contribution in [3.63, 3.8) is 0 Å². The van der Waals surface area contributed by atoms with E-state index in [0.717, 1.165) is 12.8 Å². The Labute approximate surface area is 191 Å². The first-order chi connectivity index (χ1) is 15.3. The Bertz CT molecular complexity index is 920. The van der Waals surface area contributed by atoms with Crippen molar-refractivity contribution in [2.45, 2.75) is 55.4 Å². The third-order valence-corrected chi connectivity index (χ3v) is 9.20. The van der Waals surface area contributed by atoms with Gasteiger partial charge in [-0.2, -0.15) is 4.31 Å². The number of piperidine rings is 1. The average Bonchev–Trinajstić information content (AvgIpc) is 2.82. The van der Waals surface area contributed by atoms with Crippen molar-refractivity contribution in [1.29, 1.82) is 0 Å². The van der Waals surface area contributed by atoms with E-state index in [9.17, 15) is 13.2 Å². The number of carbonyl (C=O) groups excluding carboxylic acids is 1. The maximum atomic E-state index is 13.1. The predicted molar refractivity (Wildman–Crippen MR) is 121 cm³/mol. The van der Waals surface area contributed by atoms with Gasteiger partial charge in [-0.25, -0.2) is 8.42 Å². The summed E-state index contributed by atoms with van der Waals surface area (Å²) >= 11 is 0. The molecule has 2 aliphatic heterocycles. The normalized spacial score (nSPS) is 22.0. The molecule has 8 nitrogen and oxygen atoms in total. The van der Waals surface area contributed by atoms with E-state index >= 15 is 0 Å². The van der Waals surface area contributed by atoms with E-state index in [1.54, 1.807) is 12.1 Å². The summed E-state index contributed by atoms with van der Waals surface area (Å²) in [5.41, 5.74) is 0.0379. The first kappa shape index (κ1) is 23.3. The van der Waals surface area contributed by atoms with Crippen LogP contribution in [0.25, 0.3) is 0 Å². The minimum absolute atomic E-state index is 0.0379. The zero-order valence-corrected chi connectivity index (χ0v) is 20.0. The molecule has 32 heavy (non-hydrogen) atoms. The lowest BCUT2D eigenvalue weighted by Crippen LogP contribution is -2.55. The van der Waals surface area contributed by atoms with E-state index in [2.05, 4.69) is 24.3 Å². The van der Waals surface area contributed by atoms with Gasteiger partial charge in [0, 0.05) is 37.2 Å².